The number of amides is 1. The number of carboxylic acids is 1. The lowest BCUT2D eigenvalue weighted by Crippen LogP contribution is -2.30. The lowest BCUT2D eigenvalue weighted by Gasteiger charge is -2.11. The van der Waals surface area contributed by atoms with Gasteiger partial charge in [0.2, 0.25) is 5.91 Å². The van der Waals surface area contributed by atoms with Crippen molar-refractivity contribution in [1.29, 1.82) is 0 Å². The van der Waals surface area contributed by atoms with E-state index in [2.05, 4.69) is 24.3 Å². The van der Waals surface area contributed by atoms with Crippen molar-refractivity contribution in [3.05, 3.63) is 17.0 Å². The second-order valence-corrected chi connectivity index (χ2v) is 6.41. The summed E-state index contributed by atoms with van der Waals surface area (Å²) in [7, 11) is 0. The van der Waals surface area contributed by atoms with E-state index in [0.717, 1.165) is 23.5 Å². The molecule has 1 aromatic rings. The molecule has 0 aliphatic carbocycles. The average Bonchev–Trinajstić information content (AvgIpc) is 2.62. The molecule has 1 heterocycles. The Morgan fingerprint density at radius 1 is 1.27 bits per heavy atom. The van der Waals surface area contributed by atoms with Gasteiger partial charge in [0.1, 0.15) is 0 Å². The van der Waals surface area contributed by atoms with Crippen molar-refractivity contribution in [2.75, 3.05) is 6.54 Å². The SMILES string of the molecule is Cc1nn(CC(C)C)c(C)c1CC(=O)NCC(C)CC(=O)O. The van der Waals surface area contributed by atoms with Crippen LogP contribution in [0.15, 0.2) is 0 Å². The molecule has 2 N–H and O–H groups in total. The third-order valence-corrected chi connectivity index (χ3v) is 3.58. The molecular weight excluding hydrogens is 282 g/mol. The van der Waals surface area contributed by atoms with Crippen LogP contribution in [-0.2, 0) is 22.6 Å². The van der Waals surface area contributed by atoms with E-state index in [1.54, 1.807) is 0 Å². The maximum atomic E-state index is 12.0. The summed E-state index contributed by atoms with van der Waals surface area (Å²) >= 11 is 0. The first kappa shape index (κ1) is 18.2. The molecule has 22 heavy (non-hydrogen) atoms. The van der Waals surface area contributed by atoms with Crippen molar-refractivity contribution < 1.29 is 14.7 Å². The molecule has 1 amide bonds. The lowest BCUT2D eigenvalue weighted by atomic mass is 10.1. The van der Waals surface area contributed by atoms with Gasteiger partial charge in [-0.15, -0.1) is 0 Å². The Hall–Kier alpha value is -1.85. The van der Waals surface area contributed by atoms with Crippen LogP contribution in [0.2, 0.25) is 0 Å². The molecule has 0 bridgehead atoms. The summed E-state index contributed by atoms with van der Waals surface area (Å²) in [5.41, 5.74) is 2.87. The van der Waals surface area contributed by atoms with Crippen molar-refractivity contribution in [3.63, 3.8) is 0 Å². The summed E-state index contributed by atoms with van der Waals surface area (Å²) in [6, 6.07) is 0. The molecule has 0 aliphatic rings. The smallest absolute Gasteiger partial charge is 0.303 e. The summed E-state index contributed by atoms with van der Waals surface area (Å²) in [4.78, 5) is 22.6. The first-order valence-corrected chi connectivity index (χ1v) is 7.72. The Kier molecular flexibility index (Phi) is 6.59. The van der Waals surface area contributed by atoms with E-state index in [4.69, 9.17) is 5.11 Å². The summed E-state index contributed by atoms with van der Waals surface area (Å²) in [6.07, 6.45) is 0.347. The van der Waals surface area contributed by atoms with Gasteiger partial charge in [0.05, 0.1) is 12.1 Å². The molecule has 124 valence electrons. The van der Waals surface area contributed by atoms with Crippen molar-refractivity contribution in [3.8, 4) is 0 Å². The first-order valence-electron chi connectivity index (χ1n) is 7.72. The number of nitrogens with one attached hydrogen (secondary N) is 1. The van der Waals surface area contributed by atoms with Gasteiger partial charge in [-0.3, -0.25) is 14.3 Å². The van der Waals surface area contributed by atoms with Crippen LogP contribution in [0.1, 0.15) is 44.1 Å². The highest BCUT2D eigenvalue weighted by Crippen LogP contribution is 2.15. The van der Waals surface area contributed by atoms with Crippen molar-refractivity contribution in [1.82, 2.24) is 15.1 Å². The standard InChI is InChI=1S/C16H27N3O3/c1-10(2)9-19-13(5)14(12(4)18-19)7-15(20)17-8-11(3)6-16(21)22/h10-11H,6-9H2,1-5H3,(H,17,20)(H,21,22). The second kappa shape index (κ2) is 7.96. The van der Waals surface area contributed by atoms with Crippen LogP contribution in [0, 0.1) is 25.7 Å². The highest BCUT2D eigenvalue weighted by Gasteiger charge is 2.16. The second-order valence-electron chi connectivity index (χ2n) is 6.41. The maximum Gasteiger partial charge on any atom is 0.303 e. The minimum atomic E-state index is -0.844. The molecule has 0 aromatic carbocycles. The van der Waals surface area contributed by atoms with E-state index in [-0.39, 0.29) is 24.7 Å². The molecular formula is C16H27N3O3. The fourth-order valence-electron chi connectivity index (χ4n) is 2.39. The molecule has 0 spiro atoms. The first-order chi connectivity index (χ1) is 10.2. The van der Waals surface area contributed by atoms with Crippen LogP contribution in [0.5, 0.6) is 0 Å². The topological polar surface area (TPSA) is 84.2 Å². The molecule has 1 unspecified atom stereocenters. The normalized spacial score (nSPS) is 12.5. The number of carboxylic acid groups (broad SMARTS) is 1. The minimum Gasteiger partial charge on any atom is -0.481 e. The van der Waals surface area contributed by atoms with Crippen LogP contribution < -0.4 is 5.32 Å². The Balaban J connectivity index is 2.61. The molecule has 1 atom stereocenters. The summed E-state index contributed by atoms with van der Waals surface area (Å²) < 4.78 is 1.95. The van der Waals surface area contributed by atoms with Gasteiger partial charge in [-0.25, -0.2) is 0 Å². The van der Waals surface area contributed by atoms with Crippen molar-refractivity contribution in [2.24, 2.45) is 11.8 Å². The van der Waals surface area contributed by atoms with Crippen LogP contribution in [-0.4, -0.2) is 33.3 Å². The Bertz CT molecular complexity index is 535. The van der Waals surface area contributed by atoms with E-state index < -0.39 is 5.97 Å². The fraction of sp³-hybridized carbons (Fsp3) is 0.688. The number of aromatic nitrogens is 2. The zero-order valence-corrected chi connectivity index (χ0v) is 14.1. The highest BCUT2D eigenvalue weighted by molar-refractivity contribution is 5.79. The van der Waals surface area contributed by atoms with Gasteiger partial charge in [0, 0.05) is 30.8 Å². The molecule has 6 heteroatoms. The van der Waals surface area contributed by atoms with E-state index in [1.165, 1.54) is 0 Å². The van der Waals surface area contributed by atoms with Gasteiger partial charge in [-0.05, 0) is 25.7 Å². The van der Waals surface area contributed by atoms with Gasteiger partial charge in [-0.1, -0.05) is 20.8 Å². The predicted molar refractivity (Wildman–Crippen MR) is 84.7 cm³/mol. The number of hydrogen-bond donors (Lipinski definition) is 2. The number of aryl methyl sites for hydroxylation is 1. The van der Waals surface area contributed by atoms with Gasteiger partial charge in [0.25, 0.3) is 0 Å². The van der Waals surface area contributed by atoms with E-state index in [0.29, 0.717) is 12.5 Å². The molecule has 0 saturated heterocycles. The maximum absolute atomic E-state index is 12.0. The van der Waals surface area contributed by atoms with Gasteiger partial charge < -0.3 is 10.4 Å². The molecule has 0 fully saturated rings. The van der Waals surface area contributed by atoms with E-state index in [9.17, 15) is 9.59 Å². The third kappa shape index (κ3) is 5.50. The zero-order valence-electron chi connectivity index (χ0n) is 14.1. The lowest BCUT2D eigenvalue weighted by molar-refractivity contribution is -0.138. The highest BCUT2D eigenvalue weighted by atomic mass is 16.4. The molecule has 1 rings (SSSR count). The molecule has 0 radical (unpaired) electrons. The monoisotopic (exact) mass is 309 g/mol. The number of hydrogen-bond acceptors (Lipinski definition) is 3. The molecule has 0 aliphatic heterocycles. The molecule has 6 nitrogen and oxygen atoms in total. The number of rotatable bonds is 8. The minimum absolute atomic E-state index is 0.0602. The Morgan fingerprint density at radius 2 is 1.91 bits per heavy atom. The third-order valence-electron chi connectivity index (χ3n) is 3.58. The predicted octanol–water partition coefficient (Wildman–Crippen LogP) is 1.93. The summed E-state index contributed by atoms with van der Waals surface area (Å²) in [5.74, 6) is -0.514. The van der Waals surface area contributed by atoms with Crippen molar-refractivity contribution >= 4 is 11.9 Å². The van der Waals surface area contributed by atoms with Gasteiger partial charge in [-0.2, -0.15) is 5.10 Å². The number of carbonyl (C=O) groups is 2. The van der Waals surface area contributed by atoms with E-state index in [1.807, 2.05) is 25.5 Å². The van der Waals surface area contributed by atoms with Gasteiger partial charge in [0.15, 0.2) is 0 Å². The van der Waals surface area contributed by atoms with Crippen LogP contribution in [0.4, 0.5) is 0 Å². The van der Waals surface area contributed by atoms with Crippen LogP contribution >= 0.6 is 0 Å². The van der Waals surface area contributed by atoms with E-state index >= 15 is 0 Å². The Labute approximate surface area is 131 Å². The van der Waals surface area contributed by atoms with Gasteiger partial charge >= 0.3 is 5.97 Å². The summed E-state index contributed by atoms with van der Waals surface area (Å²) in [5, 5.41) is 16.0. The van der Waals surface area contributed by atoms with Crippen LogP contribution in [0.25, 0.3) is 0 Å². The quantitative estimate of drug-likeness (QED) is 0.768. The molecule has 0 saturated carbocycles. The fourth-order valence-corrected chi connectivity index (χ4v) is 2.39. The summed E-state index contributed by atoms with van der Waals surface area (Å²) in [6.45, 7) is 11.2. The zero-order chi connectivity index (χ0) is 16.9. The number of carbonyl (C=O) groups excluding carboxylic acids is 1. The largest absolute Gasteiger partial charge is 0.481 e. The molecule has 1 aromatic heterocycles. The number of aliphatic carboxylic acids is 1. The van der Waals surface area contributed by atoms with Crippen LogP contribution in [0.3, 0.4) is 0 Å². The Morgan fingerprint density at radius 3 is 2.45 bits per heavy atom. The average molecular weight is 309 g/mol. The number of nitrogens with zero attached hydrogens (tertiary/aromatic N) is 2. The van der Waals surface area contributed by atoms with Crippen molar-refractivity contribution in [2.45, 2.75) is 54.0 Å².